The van der Waals surface area contributed by atoms with Crippen molar-refractivity contribution in [3.63, 3.8) is 0 Å². The molecular weight excluding hydrogens is 322 g/mol. The van der Waals surface area contributed by atoms with Gasteiger partial charge in [-0.25, -0.2) is 0 Å². The van der Waals surface area contributed by atoms with Crippen LogP contribution in [0.3, 0.4) is 0 Å². The molecule has 4 heteroatoms. The Morgan fingerprint density at radius 1 is 1.19 bits per heavy atom. The molecule has 0 amide bonds. The lowest BCUT2D eigenvalue weighted by atomic mass is 9.77. The van der Waals surface area contributed by atoms with Crippen molar-refractivity contribution in [2.24, 2.45) is 17.3 Å². The third kappa shape index (κ3) is 3.56. The normalized spacial score (nSPS) is 33.2. The predicted molar refractivity (Wildman–Crippen MR) is 103 cm³/mol. The van der Waals surface area contributed by atoms with E-state index in [1.165, 1.54) is 76.8 Å². The smallest absolute Gasteiger partial charge is 0.0731 e. The van der Waals surface area contributed by atoms with Gasteiger partial charge in [0.25, 0.3) is 0 Å². The van der Waals surface area contributed by atoms with E-state index in [1.54, 1.807) is 0 Å². The molecule has 1 aromatic rings. The minimum atomic E-state index is 0.486. The number of aromatic nitrogens is 1. The standard InChI is InChI=1S/C22H33N3O/c1-4-21(5-1)25-10-8-22(17-25)16-24(12-18-6-7-18)13-20(22)15-26-14-19-3-2-9-23-11-19/h2-3,9,11,18,20-21H,1,4-8,10,12-17H2/t20-,22-/m0/s1. The predicted octanol–water partition coefficient (Wildman–Crippen LogP) is 3.18. The van der Waals surface area contributed by atoms with Gasteiger partial charge in [-0.3, -0.25) is 9.88 Å². The molecule has 2 saturated carbocycles. The van der Waals surface area contributed by atoms with E-state index in [0.717, 1.165) is 18.6 Å². The summed E-state index contributed by atoms with van der Waals surface area (Å²) in [4.78, 5) is 9.80. The Hall–Kier alpha value is -0.970. The van der Waals surface area contributed by atoms with E-state index < -0.39 is 0 Å². The molecule has 1 spiro atoms. The molecule has 26 heavy (non-hydrogen) atoms. The summed E-state index contributed by atoms with van der Waals surface area (Å²) in [6.07, 6.45) is 12.4. The summed E-state index contributed by atoms with van der Waals surface area (Å²) in [5.74, 6) is 1.69. The van der Waals surface area contributed by atoms with Crippen LogP contribution in [0.4, 0.5) is 0 Å². The average molecular weight is 356 g/mol. The third-order valence-corrected chi connectivity index (χ3v) is 7.41. The Morgan fingerprint density at radius 2 is 2.12 bits per heavy atom. The number of hydrogen-bond donors (Lipinski definition) is 0. The SMILES string of the molecule is c1cncc(COC[C@@H]2CN(CC3CC3)C[C@]23CCN(C2CCC2)C3)c1. The van der Waals surface area contributed by atoms with Crippen LogP contribution in [0, 0.1) is 17.3 Å². The van der Waals surface area contributed by atoms with E-state index >= 15 is 0 Å². The first-order valence-corrected chi connectivity index (χ1v) is 10.7. The van der Waals surface area contributed by atoms with Crippen LogP contribution < -0.4 is 0 Å². The summed E-state index contributed by atoms with van der Waals surface area (Å²) < 4.78 is 6.21. The second-order valence-electron chi connectivity index (χ2n) is 9.38. The van der Waals surface area contributed by atoms with E-state index in [2.05, 4.69) is 20.9 Å². The Balaban J connectivity index is 1.22. The van der Waals surface area contributed by atoms with Crippen molar-refractivity contribution in [1.82, 2.24) is 14.8 Å². The van der Waals surface area contributed by atoms with Gasteiger partial charge in [0.2, 0.25) is 0 Å². The highest BCUT2D eigenvalue weighted by atomic mass is 16.5. The highest BCUT2D eigenvalue weighted by Crippen LogP contribution is 2.47. The van der Waals surface area contributed by atoms with Crippen LogP contribution in [-0.2, 0) is 11.3 Å². The summed E-state index contributed by atoms with van der Waals surface area (Å²) in [6, 6.07) is 5.01. The Morgan fingerprint density at radius 3 is 2.85 bits per heavy atom. The minimum Gasteiger partial charge on any atom is -0.376 e. The molecule has 2 aliphatic carbocycles. The third-order valence-electron chi connectivity index (χ3n) is 7.41. The fourth-order valence-corrected chi connectivity index (χ4v) is 5.44. The van der Waals surface area contributed by atoms with Crippen molar-refractivity contribution in [2.75, 3.05) is 39.3 Å². The second-order valence-corrected chi connectivity index (χ2v) is 9.38. The first-order valence-electron chi connectivity index (χ1n) is 10.7. The number of hydrogen-bond acceptors (Lipinski definition) is 4. The summed E-state index contributed by atoms with van der Waals surface area (Å²) in [7, 11) is 0. The van der Waals surface area contributed by atoms with E-state index in [-0.39, 0.29) is 0 Å². The number of rotatable bonds is 7. The summed E-state index contributed by atoms with van der Waals surface area (Å²) in [5.41, 5.74) is 1.68. The number of ether oxygens (including phenoxy) is 1. The van der Waals surface area contributed by atoms with Gasteiger partial charge in [0.1, 0.15) is 0 Å². The zero-order valence-electron chi connectivity index (χ0n) is 16.0. The Labute approximate surface area is 157 Å². The van der Waals surface area contributed by atoms with E-state index in [4.69, 9.17) is 4.74 Å². The molecule has 4 nitrogen and oxygen atoms in total. The van der Waals surface area contributed by atoms with Crippen LogP contribution in [0.15, 0.2) is 24.5 Å². The monoisotopic (exact) mass is 355 g/mol. The molecule has 0 aromatic carbocycles. The molecule has 0 radical (unpaired) electrons. The molecule has 2 atom stereocenters. The van der Waals surface area contributed by atoms with Gasteiger partial charge in [-0.2, -0.15) is 0 Å². The van der Waals surface area contributed by atoms with Gasteiger partial charge < -0.3 is 9.64 Å². The van der Waals surface area contributed by atoms with E-state index in [9.17, 15) is 0 Å². The maximum Gasteiger partial charge on any atom is 0.0731 e. The van der Waals surface area contributed by atoms with Crippen molar-refractivity contribution < 1.29 is 4.74 Å². The highest BCUT2D eigenvalue weighted by Gasteiger charge is 2.52. The molecular formula is C22H33N3O. The number of likely N-dealkylation sites (tertiary alicyclic amines) is 2. The summed E-state index contributed by atoms with van der Waals surface area (Å²) in [6.45, 7) is 8.16. The zero-order chi connectivity index (χ0) is 17.4. The molecule has 0 N–H and O–H groups in total. The molecule has 2 aliphatic heterocycles. The van der Waals surface area contributed by atoms with Crippen molar-refractivity contribution >= 4 is 0 Å². The molecule has 1 aromatic heterocycles. The first kappa shape index (κ1) is 17.2. The molecule has 0 unspecified atom stereocenters. The molecule has 142 valence electrons. The van der Waals surface area contributed by atoms with Gasteiger partial charge in [-0.05, 0) is 56.2 Å². The second kappa shape index (κ2) is 7.21. The Bertz CT molecular complexity index is 601. The van der Waals surface area contributed by atoms with Crippen molar-refractivity contribution in [2.45, 2.75) is 51.2 Å². The maximum absolute atomic E-state index is 6.21. The van der Waals surface area contributed by atoms with Crippen molar-refractivity contribution in [1.29, 1.82) is 0 Å². The minimum absolute atomic E-state index is 0.486. The molecule has 2 saturated heterocycles. The number of pyridine rings is 1. The largest absolute Gasteiger partial charge is 0.376 e. The van der Waals surface area contributed by atoms with E-state index in [1.807, 2.05) is 18.5 Å². The lowest BCUT2D eigenvalue weighted by Crippen LogP contribution is -2.42. The van der Waals surface area contributed by atoms with Gasteiger partial charge >= 0.3 is 0 Å². The van der Waals surface area contributed by atoms with Crippen molar-refractivity contribution in [3.8, 4) is 0 Å². The van der Waals surface area contributed by atoms with Gasteiger partial charge in [-0.15, -0.1) is 0 Å². The fraction of sp³-hybridized carbons (Fsp3) is 0.773. The van der Waals surface area contributed by atoms with Gasteiger partial charge in [0.05, 0.1) is 13.2 Å². The topological polar surface area (TPSA) is 28.6 Å². The quantitative estimate of drug-likeness (QED) is 0.751. The van der Waals surface area contributed by atoms with Gasteiger partial charge in [-0.1, -0.05) is 12.5 Å². The van der Waals surface area contributed by atoms with Crippen molar-refractivity contribution in [3.05, 3.63) is 30.1 Å². The van der Waals surface area contributed by atoms with Crippen LogP contribution in [0.5, 0.6) is 0 Å². The zero-order valence-corrected chi connectivity index (χ0v) is 16.0. The molecule has 4 aliphatic rings. The summed E-state index contributed by atoms with van der Waals surface area (Å²) >= 11 is 0. The molecule has 5 rings (SSSR count). The van der Waals surface area contributed by atoms with Crippen LogP contribution in [-0.4, -0.2) is 60.2 Å². The van der Waals surface area contributed by atoms with Crippen LogP contribution in [0.2, 0.25) is 0 Å². The van der Waals surface area contributed by atoms with Crippen LogP contribution >= 0.6 is 0 Å². The van der Waals surface area contributed by atoms with Crippen LogP contribution in [0.1, 0.15) is 44.1 Å². The summed E-state index contributed by atoms with van der Waals surface area (Å²) in [5, 5.41) is 0. The fourth-order valence-electron chi connectivity index (χ4n) is 5.44. The maximum atomic E-state index is 6.21. The van der Waals surface area contributed by atoms with Gasteiger partial charge in [0.15, 0.2) is 0 Å². The van der Waals surface area contributed by atoms with Crippen LogP contribution in [0.25, 0.3) is 0 Å². The number of nitrogens with zero attached hydrogens (tertiary/aromatic N) is 3. The molecule has 0 bridgehead atoms. The highest BCUT2D eigenvalue weighted by molar-refractivity contribution is 5.07. The molecule has 3 heterocycles. The lowest BCUT2D eigenvalue weighted by Gasteiger charge is -2.37. The lowest BCUT2D eigenvalue weighted by molar-refractivity contribution is 0.0466. The molecule has 4 fully saturated rings. The Kier molecular flexibility index (Phi) is 4.76. The van der Waals surface area contributed by atoms with E-state index in [0.29, 0.717) is 17.9 Å². The first-order chi connectivity index (χ1) is 12.8. The average Bonchev–Trinajstić information content (AvgIpc) is 3.23. The van der Waals surface area contributed by atoms with Gasteiger partial charge in [0, 0.05) is 55.9 Å².